The Labute approximate surface area is 185 Å². The summed E-state index contributed by atoms with van der Waals surface area (Å²) in [5, 5.41) is 6.56. The van der Waals surface area contributed by atoms with Gasteiger partial charge in [0.15, 0.2) is 6.61 Å². The maximum absolute atomic E-state index is 13.0. The van der Waals surface area contributed by atoms with Crippen LogP contribution in [0.3, 0.4) is 0 Å². The van der Waals surface area contributed by atoms with Gasteiger partial charge in [-0.05, 0) is 66.9 Å². The molecule has 2 aromatic carbocycles. The second-order valence-corrected chi connectivity index (χ2v) is 7.10. The number of halogens is 1. The molecule has 0 saturated heterocycles. The fourth-order valence-electron chi connectivity index (χ4n) is 2.60. The predicted octanol–water partition coefficient (Wildman–Crippen LogP) is 2.67. The second kappa shape index (κ2) is 12.2. The molecule has 0 aliphatic carbocycles. The Morgan fingerprint density at radius 1 is 1.06 bits per heavy atom. The van der Waals surface area contributed by atoms with Crippen LogP contribution in [0.5, 0.6) is 5.75 Å². The zero-order valence-corrected chi connectivity index (χ0v) is 18.1. The number of nitrogens with zero attached hydrogens (tertiary/aromatic N) is 1. The Kier molecular flexibility index (Phi) is 9.34. The molecule has 0 radical (unpaired) electrons. The molecule has 2 N–H and O–H groups in total. The quantitative estimate of drug-likeness (QED) is 0.334. The van der Waals surface area contributed by atoms with Crippen molar-refractivity contribution in [3.8, 4) is 5.75 Å². The summed E-state index contributed by atoms with van der Waals surface area (Å²) in [4.78, 5) is 36.1. The van der Waals surface area contributed by atoms with E-state index in [9.17, 15) is 18.8 Å². The normalized spacial score (nSPS) is 11.8. The first-order chi connectivity index (χ1) is 15.3. The van der Waals surface area contributed by atoms with Crippen LogP contribution in [0.4, 0.5) is 4.39 Å². The zero-order valence-electron chi connectivity index (χ0n) is 18.1. The number of nitrogens with one attached hydrogen (secondary N) is 2. The Bertz CT molecular complexity index is 943. The lowest BCUT2D eigenvalue weighted by atomic mass is 10.0. The van der Waals surface area contributed by atoms with Crippen LogP contribution in [0, 0.1) is 11.7 Å². The third-order valence-corrected chi connectivity index (χ3v) is 4.27. The summed E-state index contributed by atoms with van der Waals surface area (Å²) in [6, 6.07) is 10.9. The van der Waals surface area contributed by atoms with Crippen LogP contribution in [0.2, 0.25) is 0 Å². The topological polar surface area (TPSA) is 106 Å². The molecule has 32 heavy (non-hydrogen) atoms. The molecule has 0 bridgehead atoms. The van der Waals surface area contributed by atoms with E-state index in [1.165, 1.54) is 30.5 Å². The smallest absolute Gasteiger partial charge is 0.344 e. The predicted molar refractivity (Wildman–Crippen MR) is 117 cm³/mol. The summed E-state index contributed by atoms with van der Waals surface area (Å²) in [6.45, 7) is 5.39. The van der Waals surface area contributed by atoms with Gasteiger partial charge in [0.1, 0.15) is 17.6 Å². The molecular weight excluding hydrogens is 417 g/mol. The van der Waals surface area contributed by atoms with Crippen LogP contribution in [-0.4, -0.2) is 43.3 Å². The fraction of sp³-hybridized carbons (Fsp3) is 0.304. The van der Waals surface area contributed by atoms with Gasteiger partial charge in [-0.25, -0.2) is 14.6 Å². The minimum absolute atomic E-state index is 0.183. The molecule has 2 rings (SSSR count). The van der Waals surface area contributed by atoms with Crippen molar-refractivity contribution in [3.05, 3.63) is 65.5 Å². The third-order valence-electron chi connectivity index (χ3n) is 4.27. The standard InChI is InChI=1S/C23H26FN3O5/c1-4-31-20(28)14-32-19-11-5-16(6-12-19)13-25-27-23(30)21(15(2)3)26-22(29)17-7-9-18(24)10-8-17/h5-13,15,21H,4,14H2,1-3H3,(H,26,29)(H,27,30)/b25-13+. The minimum atomic E-state index is -0.830. The van der Waals surface area contributed by atoms with E-state index in [0.29, 0.717) is 11.3 Å². The highest BCUT2D eigenvalue weighted by molar-refractivity contribution is 5.97. The van der Waals surface area contributed by atoms with Gasteiger partial charge >= 0.3 is 5.97 Å². The van der Waals surface area contributed by atoms with Gasteiger partial charge in [0.25, 0.3) is 11.8 Å². The lowest BCUT2D eigenvalue weighted by molar-refractivity contribution is -0.145. The van der Waals surface area contributed by atoms with Crippen molar-refractivity contribution in [1.82, 2.24) is 10.7 Å². The van der Waals surface area contributed by atoms with Crippen LogP contribution in [0.25, 0.3) is 0 Å². The lowest BCUT2D eigenvalue weighted by Crippen LogP contribution is -2.48. The Balaban J connectivity index is 1.90. The maximum Gasteiger partial charge on any atom is 0.344 e. The number of carbonyl (C=O) groups is 3. The van der Waals surface area contributed by atoms with Crippen molar-refractivity contribution in [3.63, 3.8) is 0 Å². The van der Waals surface area contributed by atoms with Gasteiger partial charge in [-0.3, -0.25) is 9.59 Å². The molecule has 0 saturated carbocycles. The molecule has 0 aliphatic heterocycles. The van der Waals surface area contributed by atoms with Crippen molar-refractivity contribution in [2.75, 3.05) is 13.2 Å². The van der Waals surface area contributed by atoms with E-state index in [0.717, 1.165) is 0 Å². The number of benzene rings is 2. The van der Waals surface area contributed by atoms with E-state index >= 15 is 0 Å². The van der Waals surface area contributed by atoms with Gasteiger partial charge in [0, 0.05) is 5.56 Å². The van der Waals surface area contributed by atoms with Crippen LogP contribution >= 0.6 is 0 Å². The highest BCUT2D eigenvalue weighted by Gasteiger charge is 2.24. The third kappa shape index (κ3) is 7.82. The summed E-state index contributed by atoms with van der Waals surface area (Å²) >= 11 is 0. The van der Waals surface area contributed by atoms with E-state index in [1.807, 2.05) is 0 Å². The lowest BCUT2D eigenvalue weighted by Gasteiger charge is -2.20. The molecule has 0 spiro atoms. The molecule has 0 aromatic heterocycles. The molecule has 2 amide bonds. The molecule has 8 nitrogen and oxygen atoms in total. The molecule has 0 fully saturated rings. The SMILES string of the molecule is CCOC(=O)COc1ccc(/C=N/NC(=O)C(NC(=O)c2ccc(F)cc2)C(C)C)cc1. The van der Waals surface area contributed by atoms with E-state index in [2.05, 4.69) is 15.8 Å². The van der Waals surface area contributed by atoms with Gasteiger partial charge in [-0.2, -0.15) is 5.10 Å². The number of amides is 2. The fourth-order valence-corrected chi connectivity index (χ4v) is 2.60. The van der Waals surface area contributed by atoms with Crippen LogP contribution < -0.4 is 15.5 Å². The summed E-state index contributed by atoms with van der Waals surface area (Å²) < 4.78 is 23.1. The van der Waals surface area contributed by atoms with Crippen molar-refractivity contribution in [2.24, 2.45) is 11.0 Å². The van der Waals surface area contributed by atoms with Gasteiger partial charge in [-0.15, -0.1) is 0 Å². The second-order valence-electron chi connectivity index (χ2n) is 7.10. The number of carbonyl (C=O) groups excluding carboxylic acids is 3. The first kappa shape index (κ1) is 24.5. The molecule has 1 atom stereocenters. The largest absolute Gasteiger partial charge is 0.482 e. The van der Waals surface area contributed by atoms with Crippen molar-refractivity contribution in [2.45, 2.75) is 26.8 Å². The Morgan fingerprint density at radius 2 is 1.72 bits per heavy atom. The Hall–Kier alpha value is -3.75. The molecular formula is C23H26FN3O5. The first-order valence-corrected chi connectivity index (χ1v) is 10.1. The number of hydrogen-bond acceptors (Lipinski definition) is 6. The number of rotatable bonds is 10. The highest BCUT2D eigenvalue weighted by Crippen LogP contribution is 2.11. The molecule has 0 aliphatic rings. The Morgan fingerprint density at radius 3 is 2.31 bits per heavy atom. The van der Waals surface area contributed by atoms with Gasteiger partial charge < -0.3 is 14.8 Å². The summed E-state index contributed by atoms with van der Waals surface area (Å²) in [5.74, 6) is -1.59. The first-order valence-electron chi connectivity index (χ1n) is 10.1. The zero-order chi connectivity index (χ0) is 23.5. The average molecular weight is 443 g/mol. The maximum atomic E-state index is 13.0. The molecule has 170 valence electrons. The number of hydrazone groups is 1. The van der Waals surface area contributed by atoms with Crippen molar-refractivity contribution in [1.29, 1.82) is 0 Å². The van der Waals surface area contributed by atoms with E-state index < -0.39 is 29.6 Å². The van der Waals surface area contributed by atoms with Crippen LogP contribution in [0.15, 0.2) is 53.6 Å². The van der Waals surface area contributed by atoms with E-state index in [4.69, 9.17) is 9.47 Å². The monoisotopic (exact) mass is 443 g/mol. The summed E-state index contributed by atoms with van der Waals surface area (Å²) in [5.41, 5.74) is 3.34. The molecule has 0 heterocycles. The average Bonchev–Trinajstić information content (AvgIpc) is 2.77. The number of esters is 1. The number of ether oxygens (including phenoxy) is 2. The van der Waals surface area contributed by atoms with Crippen LogP contribution in [-0.2, 0) is 14.3 Å². The molecule has 2 aromatic rings. The van der Waals surface area contributed by atoms with E-state index in [1.54, 1.807) is 45.0 Å². The summed E-state index contributed by atoms with van der Waals surface area (Å²) in [6.07, 6.45) is 1.44. The van der Waals surface area contributed by atoms with Crippen molar-refractivity contribution < 1.29 is 28.2 Å². The van der Waals surface area contributed by atoms with Gasteiger partial charge in [0.05, 0.1) is 12.8 Å². The van der Waals surface area contributed by atoms with Crippen LogP contribution in [0.1, 0.15) is 36.7 Å². The van der Waals surface area contributed by atoms with Crippen molar-refractivity contribution >= 4 is 24.0 Å². The van der Waals surface area contributed by atoms with Gasteiger partial charge in [-0.1, -0.05) is 13.8 Å². The van der Waals surface area contributed by atoms with E-state index in [-0.39, 0.29) is 24.7 Å². The minimum Gasteiger partial charge on any atom is -0.482 e. The molecule has 1 unspecified atom stereocenters. The van der Waals surface area contributed by atoms with Gasteiger partial charge in [0.2, 0.25) is 0 Å². The highest BCUT2D eigenvalue weighted by atomic mass is 19.1. The molecule has 9 heteroatoms. The number of hydrogen-bond donors (Lipinski definition) is 2. The summed E-state index contributed by atoms with van der Waals surface area (Å²) in [7, 11) is 0.